The molecule has 1 aliphatic carbocycles. The molecule has 2 aliphatic rings. The minimum atomic E-state index is -1.06. The molecule has 0 bridgehead atoms. The molecule has 4 N–H and O–H groups in total. The molecule has 0 spiro atoms. The number of amides is 1. The number of aliphatic hydroxyl groups excluding tert-OH is 2. The fourth-order valence-electron chi connectivity index (χ4n) is 7.21. The van der Waals surface area contributed by atoms with E-state index in [2.05, 4.69) is 51.8 Å². The van der Waals surface area contributed by atoms with Gasteiger partial charge in [-0.3, -0.25) is 4.68 Å². The van der Waals surface area contributed by atoms with Crippen LogP contribution in [0.25, 0.3) is 11.2 Å². The molecule has 2 aromatic carbocycles. The number of carbonyl (C=O) groups excluding carboxylic acids is 1. The van der Waals surface area contributed by atoms with Gasteiger partial charge in [-0.2, -0.15) is 15.1 Å². The van der Waals surface area contributed by atoms with Crippen molar-refractivity contribution in [3.05, 3.63) is 96.1 Å². The fourth-order valence-corrected chi connectivity index (χ4v) is 7.21. The zero-order valence-electron chi connectivity index (χ0n) is 29.6. The van der Waals surface area contributed by atoms with Crippen LogP contribution < -0.4 is 15.5 Å². The van der Waals surface area contributed by atoms with Crippen LogP contribution in [0.3, 0.4) is 0 Å². The van der Waals surface area contributed by atoms with E-state index in [0.29, 0.717) is 55.4 Å². The number of fused-ring (bicyclic) bond motifs is 1. The number of ether oxygens (including phenoxy) is 1. The summed E-state index contributed by atoms with van der Waals surface area (Å²) in [5.41, 5.74) is 3.92. The molecule has 5 aromatic rings. The average molecular weight is 694 g/mol. The van der Waals surface area contributed by atoms with Gasteiger partial charge in [0.25, 0.3) is 0 Å². The van der Waals surface area contributed by atoms with E-state index in [1.807, 2.05) is 67.9 Å². The Morgan fingerprint density at radius 1 is 1.00 bits per heavy atom. The lowest BCUT2D eigenvalue weighted by molar-refractivity contribution is 0.00721. The van der Waals surface area contributed by atoms with Crippen molar-refractivity contribution in [1.82, 2.24) is 34.6 Å². The SMILES string of the molecule is CCc1cnn([C@H]2C[C@@H](n3cnc4c(NCC(c5ccccc5)c5ccccc5)nc(N5CCC(NC(=O)OC(C)(C)C)C5)nc43)[C@H](O)[C@@H]2O)c1. The van der Waals surface area contributed by atoms with Gasteiger partial charge in [0.1, 0.15) is 17.8 Å². The fraction of sp³-hybridized carbons (Fsp3) is 0.447. The molecular weight excluding hydrogens is 646 g/mol. The Hall–Kier alpha value is -5.01. The van der Waals surface area contributed by atoms with Crippen LogP contribution in [0.2, 0.25) is 0 Å². The normalized spacial score (nSPS) is 22.2. The summed E-state index contributed by atoms with van der Waals surface area (Å²) in [6, 6.07) is 19.7. The number of alkyl carbamates (subject to hydrolysis) is 1. The third kappa shape index (κ3) is 7.40. The second-order valence-corrected chi connectivity index (χ2v) is 14.6. The van der Waals surface area contributed by atoms with Crippen molar-refractivity contribution in [3.8, 4) is 0 Å². The molecule has 2 fully saturated rings. The van der Waals surface area contributed by atoms with Crippen LogP contribution in [0.4, 0.5) is 16.6 Å². The quantitative estimate of drug-likeness (QED) is 0.160. The summed E-state index contributed by atoms with van der Waals surface area (Å²) in [4.78, 5) is 29.5. The highest BCUT2D eigenvalue weighted by Crippen LogP contribution is 2.40. The van der Waals surface area contributed by atoms with Gasteiger partial charge in [0.05, 0.1) is 30.6 Å². The smallest absolute Gasteiger partial charge is 0.407 e. The molecular formula is C38H47N9O4. The highest BCUT2D eigenvalue weighted by Gasteiger charge is 2.44. The van der Waals surface area contributed by atoms with E-state index >= 15 is 0 Å². The van der Waals surface area contributed by atoms with E-state index in [0.717, 1.165) is 12.0 Å². The predicted molar refractivity (Wildman–Crippen MR) is 195 cm³/mol. The second kappa shape index (κ2) is 14.3. The van der Waals surface area contributed by atoms with Crippen LogP contribution in [0.1, 0.15) is 75.2 Å². The summed E-state index contributed by atoms with van der Waals surface area (Å²) < 4.78 is 9.12. The Morgan fingerprint density at radius 3 is 2.33 bits per heavy atom. The van der Waals surface area contributed by atoms with Crippen LogP contribution in [0, 0.1) is 0 Å². The number of carbonyl (C=O) groups is 1. The number of aromatic nitrogens is 6. The Labute approximate surface area is 297 Å². The third-order valence-corrected chi connectivity index (χ3v) is 9.86. The van der Waals surface area contributed by atoms with E-state index in [-0.39, 0.29) is 12.0 Å². The number of aryl methyl sites for hydroxylation is 1. The van der Waals surface area contributed by atoms with Crippen molar-refractivity contribution < 1.29 is 19.7 Å². The maximum absolute atomic E-state index is 12.6. The molecule has 1 saturated carbocycles. The van der Waals surface area contributed by atoms with Crippen molar-refractivity contribution in [2.24, 2.45) is 0 Å². The Morgan fingerprint density at radius 2 is 1.69 bits per heavy atom. The van der Waals surface area contributed by atoms with Gasteiger partial charge < -0.3 is 35.1 Å². The zero-order valence-corrected chi connectivity index (χ0v) is 29.6. The molecule has 13 nitrogen and oxygen atoms in total. The number of imidazole rings is 1. The second-order valence-electron chi connectivity index (χ2n) is 14.6. The van der Waals surface area contributed by atoms with Crippen molar-refractivity contribution in [2.75, 3.05) is 29.9 Å². The topological polar surface area (TPSA) is 155 Å². The first-order valence-corrected chi connectivity index (χ1v) is 17.8. The molecule has 268 valence electrons. The van der Waals surface area contributed by atoms with Gasteiger partial charge in [-0.15, -0.1) is 0 Å². The molecule has 51 heavy (non-hydrogen) atoms. The molecule has 4 heterocycles. The number of nitrogens with one attached hydrogen (secondary N) is 2. The van der Waals surface area contributed by atoms with Crippen LogP contribution in [0.15, 0.2) is 79.4 Å². The predicted octanol–water partition coefficient (Wildman–Crippen LogP) is 4.84. The Balaban J connectivity index is 1.22. The van der Waals surface area contributed by atoms with Gasteiger partial charge in [0, 0.05) is 31.7 Å². The number of benzene rings is 2. The largest absolute Gasteiger partial charge is 0.444 e. The van der Waals surface area contributed by atoms with E-state index in [1.165, 1.54) is 11.1 Å². The van der Waals surface area contributed by atoms with E-state index < -0.39 is 36.0 Å². The maximum atomic E-state index is 12.6. The molecule has 7 rings (SSSR count). The molecule has 0 radical (unpaired) electrons. The summed E-state index contributed by atoms with van der Waals surface area (Å²) in [6.07, 6.45) is 4.85. The average Bonchev–Trinajstić information content (AvgIpc) is 3.92. The standard InChI is InChI=1S/C38H47N9O4/c1-5-24-19-41-47(21-24)30-18-29(32(48)33(30)49)46-23-40-31-34(39-20-28(25-12-8-6-9-13-25)26-14-10-7-11-15-26)43-36(44-35(31)46)45-17-16-27(22-45)42-37(50)51-38(2,3)4/h6-15,19,21,23,27-30,32-33,48-49H,5,16-18,20,22H2,1-4H3,(H,42,50)(H,39,43,44)/t27?,29-,30+,32+,33-/m1/s1. The highest BCUT2D eigenvalue weighted by atomic mass is 16.6. The van der Waals surface area contributed by atoms with Gasteiger partial charge in [-0.1, -0.05) is 67.6 Å². The first-order chi connectivity index (χ1) is 24.6. The number of rotatable bonds is 10. The first-order valence-electron chi connectivity index (χ1n) is 17.8. The first kappa shape index (κ1) is 34.4. The van der Waals surface area contributed by atoms with Crippen molar-refractivity contribution in [1.29, 1.82) is 0 Å². The number of anilines is 2. The number of hydrogen-bond acceptors (Lipinski definition) is 10. The lowest BCUT2D eigenvalue weighted by Crippen LogP contribution is -2.40. The van der Waals surface area contributed by atoms with Crippen LogP contribution in [0.5, 0.6) is 0 Å². The van der Waals surface area contributed by atoms with Crippen molar-refractivity contribution >= 4 is 29.0 Å². The third-order valence-electron chi connectivity index (χ3n) is 9.86. The number of aliphatic hydroxyl groups is 2. The summed E-state index contributed by atoms with van der Waals surface area (Å²) >= 11 is 0. The van der Waals surface area contributed by atoms with Gasteiger partial charge in [0.15, 0.2) is 17.0 Å². The highest BCUT2D eigenvalue weighted by molar-refractivity contribution is 5.84. The minimum Gasteiger partial charge on any atom is -0.444 e. The number of hydrogen-bond donors (Lipinski definition) is 4. The van der Waals surface area contributed by atoms with Gasteiger partial charge in [-0.05, 0) is 56.7 Å². The lowest BCUT2D eigenvalue weighted by Gasteiger charge is -2.23. The van der Waals surface area contributed by atoms with Crippen molar-refractivity contribution in [2.45, 2.75) is 88.8 Å². The monoisotopic (exact) mass is 693 g/mol. The van der Waals surface area contributed by atoms with Crippen molar-refractivity contribution in [3.63, 3.8) is 0 Å². The van der Waals surface area contributed by atoms with Crippen LogP contribution in [-0.2, 0) is 11.2 Å². The maximum Gasteiger partial charge on any atom is 0.407 e. The van der Waals surface area contributed by atoms with E-state index in [9.17, 15) is 15.0 Å². The summed E-state index contributed by atoms with van der Waals surface area (Å²) in [5, 5.41) is 33.7. The van der Waals surface area contributed by atoms with Gasteiger partial charge >= 0.3 is 6.09 Å². The molecule has 1 saturated heterocycles. The summed E-state index contributed by atoms with van der Waals surface area (Å²) in [5.74, 6) is 1.09. The Bertz CT molecular complexity index is 1900. The molecule has 1 aliphatic heterocycles. The van der Waals surface area contributed by atoms with Gasteiger partial charge in [-0.25, -0.2) is 9.78 Å². The molecule has 5 atom stereocenters. The Kier molecular flexibility index (Phi) is 9.67. The summed E-state index contributed by atoms with van der Waals surface area (Å²) in [7, 11) is 0. The minimum absolute atomic E-state index is 0.0341. The van der Waals surface area contributed by atoms with Crippen LogP contribution >= 0.6 is 0 Å². The molecule has 1 unspecified atom stereocenters. The lowest BCUT2D eigenvalue weighted by atomic mass is 9.91. The molecule has 1 amide bonds. The van der Waals surface area contributed by atoms with Gasteiger partial charge in [0.2, 0.25) is 5.95 Å². The van der Waals surface area contributed by atoms with Crippen LogP contribution in [-0.4, -0.2) is 89.1 Å². The summed E-state index contributed by atoms with van der Waals surface area (Å²) in [6.45, 7) is 9.25. The zero-order chi connectivity index (χ0) is 35.7. The number of nitrogens with zero attached hydrogens (tertiary/aromatic N) is 7. The molecule has 13 heteroatoms. The van der Waals surface area contributed by atoms with E-state index in [4.69, 9.17) is 19.7 Å². The van der Waals surface area contributed by atoms with E-state index in [1.54, 1.807) is 17.2 Å². The molecule has 3 aromatic heterocycles.